The van der Waals surface area contributed by atoms with E-state index in [-0.39, 0.29) is 0 Å². The van der Waals surface area contributed by atoms with Gasteiger partial charge in [-0.15, -0.1) is 0 Å². The van der Waals surface area contributed by atoms with E-state index in [1.54, 1.807) is 6.20 Å². The van der Waals surface area contributed by atoms with Crippen molar-refractivity contribution in [2.75, 3.05) is 44.4 Å². The monoisotopic (exact) mass is 306 g/mol. The lowest BCUT2D eigenvalue weighted by atomic mass is 10.0. The van der Waals surface area contributed by atoms with Gasteiger partial charge in [0.2, 0.25) is 0 Å². The molecule has 4 nitrogen and oxygen atoms in total. The molecule has 2 aliphatic heterocycles. The average Bonchev–Trinajstić information content (AvgIpc) is 2.55. The molecule has 0 amide bonds. The molecule has 1 aromatic rings. The normalized spacial score (nSPS) is 20.0. The molecule has 5 heteroatoms. The van der Waals surface area contributed by atoms with Gasteiger partial charge in [0.25, 0.3) is 0 Å². The van der Waals surface area contributed by atoms with E-state index < -0.39 is 0 Å². The number of halogens is 1. The maximum Gasteiger partial charge on any atom is 0.136 e. The first-order valence-corrected chi connectivity index (χ1v) is 7.78. The number of rotatable bonds is 1. The molecule has 0 aromatic carbocycles. The van der Waals surface area contributed by atoms with Crippen molar-refractivity contribution in [3.8, 4) is 11.8 Å². The summed E-state index contributed by atoms with van der Waals surface area (Å²) in [5.74, 6) is 7.00. The molecule has 1 aromatic heterocycles. The van der Waals surface area contributed by atoms with Crippen LogP contribution in [0.25, 0.3) is 0 Å². The highest BCUT2D eigenvalue weighted by atomic mass is 35.5. The van der Waals surface area contributed by atoms with Gasteiger partial charge in [0.1, 0.15) is 5.69 Å². The van der Waals surface area contributed by atoms with Crippen molar-refractivity contribution in [1.29, 1.82) is 0 Å². The van der Waals surface area contributed by atoms with Crippen molar-refractivity contribution in [3.63, 3.8) is 0 Å². The van der Waals surface area contributed by atoms with E-state index in [2.05, 4.69) is 21.7 Å². The number of hydrogen-bond acceptors (Lipinski definition) is 4. The number of morpholine rings is 1. The minimum Gasteiger partial charge on any atom is -0.381 e. The van der Waals surface area contributed by atoms with Crippen LogP contribution < -0.4 is 4.90 Å². The molecule has 0 N–H and O–H groups in total. The molecule has 3 heterocycles. The summed E-state index contributed by atoms with van der Waals surface area (Å²) in [6, 6.07) is 1.95. The molecule has 0 unspecified atom stereocenters. The second-order valence-electron chi connectivity index (χ2n) is 5.28. The Hall–Kier alpha value is -1.28. The third kappa shape index (κ3) is 3.88. The SMILES string of the molecule is Clc1cnc(C#CC2CCOCC2)c(N2CCOCC2)c1. The standard InChI is InChI=1S/C16H19ClN2O2/c17-14-11-16(19-5-9-21-10-6-19)15(18-12-14)2-1-13-3-7-20-8-4-13/h11-13H,3-10H2. The lowest BCUT2D eigenvalue weighted by Gasteiger charge is -2.29. The van der Waals surface area contributed by atoms with Crippen LogP contribution in [-0.2, 0) is 9.47 Å². The van der Waals surface area contributed by atoms with Gasteiger partial charge in [0, 0.05) is 38.4 Å². The van der Waals surface area contributed by atoms with Crippen molar-refractivity contribution >= 4 is 17.3 Å². The van der Waals surface area contributed by atoms with Crippen molar-refractivity contribution in [3.05, 3.63) is 23.0 Å². The summed E-state index contributed by atoms with van der Waals surface area (Å²) in [7, 11) is 0. The van der Waals surface area contributed by atoms with Crippen LogP contribution in [0.3, 0.4) is 0 Å². The maximum absolute atomic E-state index is 6.10. The fraction of sp³-hybridized carbons (Fsp3) is 0.562. The third-order valence-corrected chi connectivity index (χ3v) is 4.01. The summed E-state index contributed by atoms with van der Waals surface area (Å²) in [5.41, 5.74) is 1.83. The van der Waals surface area contributed by atoms with E-state index in [9.17, 15) is 0 Å². The van der Waals surface area contributed by atoms with E-state index in [1.165, 1.54) is 0 Å². The molecule has 2 fully saturated rings. The van der Waals surface area contributed by atoms with Crippen molar-refractivity contribution in [2.45, 2.75) is 12.8 Å². The fourth-order valence-electron chi connectivity index (χ4n) is 2.58. The molecule has 0 saturated carbocycles. The fourth-order valence-corrected chi connectivity index (χ4v) is 2.73. The van der Waals surface area contributed by atoms with Crippen molar-refractivity contribution < 1.29 is 9.47 Å². The van der Waals surface area contributed by atoms with Crippen LogP contribution in [0.5, 0.6) is 0 Å². The highest BCUT2D eigenvalue weighted by Gasteiger charge is 2.16. The molecule has 2 saturated heterocycles. The van der Waals surface area contributed by atoms with Gasteiger partial charge in [-0.05, 0) is 24.8 Å². The Morgan fingerprint density at radius 1 is 1.14 bits per heavy atom. The number of nitrogens with zero attached hydrogens (tertiary/aromatic N) is 2. The van der Waals surface area contributed by atoms with Gasteiger partial charge in [-0.3, -0.25) is 0 Å². The zero-order valence-corrected chi connectivity index (χ0v) is 12.7. The average molecular weight is 307 g/mol. The summed E-state index contributed by atoms with van der Waals surface area (Å²) >= 11 is 6.10. The van der Waals surface area contributed by atoms with Crippen LogP contribution in [0.4, 0.5) is 5.69 Å². The van der Waals surface area contributed by atoms with Gasteiger partial charge in [0.05, 0.1) is 23.9 Å². The first-order chi connectivity index (χ1) is 10.3. The molecule has 0 aliphatic carbocycles. The van der Waals surface area contributed by atoms with Crippen LogP contribution in [0, 0.1) is 17.8 Å². The summed E-state index contributed by atoms with van der Waals surface area (Å²) < 4.78 is 10.8. The number of pyridine rings is 1. The van der Waals surface area contributed by atoms with Crippen LogP contribution >= 0.6 is 11.6 Å². The molecule has 21 heavy (non-hydrogen) atoms. The molecule has 0 atom stereocenters. The van der Waals surface area contributed by atoms with Gasteiger partial charge >= 0.3 is 0 Å². The highest BCUT2D eigenvalue weighted by molar-refractivity contribution is 6.30. The quantitative estimate of drug-likeness (QED) is 0.746. The predicted octanol–water partition coefficient (Wildman–Crippen LogP) is 2.35. The van der Waals surface area contributed by atoms with Crippen LogP contribution in [0.15, 0.2) is 12.3 Å². The van der Waals surface area contributed by atoms with E-state index in [0.29, 0.717) is 10.9 Å². The second kappa shape index (κ2) is 7.13. The summed E-state index contributed by atoms with van der Waals surface area (Å²) in [4.78, 5) is 6.66. The van der Waals surface area contributed by atoms with Crippen LogP contribution in [-0.4, -0.2) is 44.5 Å². The highest BCUT2D eigenvalue weighted by Crippen LogP contribution is 2.23. The Balaban J connectivity index is 1.81. The molecular formula is C16H19ClN2O2. The molecule has 3 rings (SSSR count). The smallest absolute Gasteiger partial charge is 0.136 e. The Labute approximate surface area is 130 Å². The minimum atomic E-state index is 0.411. The van der Waals surface area contributed by atoms with Gasteiger partial charge in [0.15, 0.2) is 0 Å². The first kappa shape index (κ1) is 14.6. The second-order valence-corrected chi connectivity index (χ2v) is 5.71. The van der Waals surface area contributed by atoms with Crippen LogP contribution in [0.2, 0.25) is 5.02 Å². The van der Waals surface area contributed by atoms with Gasteiger partial charge in [-0.25, -0.2) is 4.98 Å². The first-order valence-electron chi connectivity index (χ1n) is 7.40. The Kier molecular flexibility index (Phi) is 4.97. The number of aromatic nitrogens is 1. The molecule has 0 spiro atoms. The van der Waals surface area contributed by atoms with E-state index in [0.717, 1.165) is 63.7 Å². The summed E-state index contributed by atoms with van der Waals surface area (Å²) in [5, 5.41) is 0.646. The van der Waals surface area contributed by atoms with Gasteiger partial charge < -0.3 is 14.4 Å². The Bertz CT molecular complexity index is 541. The van der Waals surface area contributed by atoms with E-state index in [1.807, 2.05) is 6.07 Å². The number of anilines is 1. The van der Waals surface area contributed by atoms with Gasteiger partial charge in [-0.1, -0.05) is 17.5 Å². The van der Waals surface area contributed by atoms with E-state index in [4.69, 9.17) is 21.1 Å². The lowest BCUT2D eigenvalue weighted by molar-refractivity contribution is 0.0807. The number of ether oxygens (including phenoxy) is 2. The lowest BCUT2D eigenvalue weighted by Crippen LogP contribution is -2.36. The largest absolute Gasteiger partial charge is 0.381 e. The summed E-state index contributed by atoms with van der Waals surface area (Å²) in [6.45, 7) is 4.80. The molecule has 112 valence electrons. The number of hydrogen-bond donors (Lipinski definition) is 0. The molecular weight excluding hydrogens is 288 g/mol. The predicted molar refractivity (Wildman–Crippen MR) is 82.7 cm³/mol. The molecule has 2 aliphatic rings. The Morgan fingerprint density at radius 3 is 2.62 bits per heavy atom. The van der Waals surface area contributed by atoms with Crippen molar-refractivity contribution in [1.82, 2.24) is 4.98 Å². The van der Waals surface area contributed by atoms with Gasteiger partial charge in [-0.2, -0.15) is 0 Å². The maximum atomic E-state index is 6.10. The minimum absolute atomic E-state index is 0.411. The molecule has 0 radical (unpaired) electrons. The Morgan fingerprint density at radius 2 is 1.86 bits per heavy atom. The topological polar surface area (TPSA) is 34.6 Å². The third-order valence-electron chi connectivity index (χ3n) is 3.80. The zero-order chi connectivity index (χ0) is 14.5. The van der Waals surface area contributed by atoms with Crippen LogP contribution in [0.1, 0.15) is 18.5 Å². The summed E-state index contributed by atoms with van der Waals surface area (Å²) in [6.07, 6.45) is 3.68. The van der Waals surface area contributed by atoms with Crippen molar-refractivity contribution in [2.24, 2.45) is 5.92 Å². The van der Waals surface area contributed by atoms with E-state index >= 15 is 0 Å². The molecule has 0 bridgehead atoms. The zero-order valence-electron chi connectivity index (χ0n) is 12.0.